The third kappa shape index (κ3) is 21.2. The second-order valence-corrected chi connectivity index (χ2v) is 22.4. The molecule has 2 atom stereocenters. The summed E-state index contributed by atoms with van der Waals surface area (Å²) in [6.45, 7) is 21.0. The van der Waals surface area contributed by atoms with Crippen molar-refractivity contribution in [2.75, 3.05) is 0 Å². The first-order valence-electron chi connectivity index (χ1n) is 25.5. The van der Waals surface area contributed by atoms with Crippen LogP contribution in [0.2, 0.25) is 0 Å². The molecule has 10 nitrogen and oxygen atoms in total. The van der Waals surface area contributed by atoms with Crippen molar-refractivity contribution in [2.45, 2.75) is 290 Å². The number of hydrogen-bond donors (Lipinski definition) is 4. The topological polar surface area (TPSA) is 151 Å². The zero-order chi connectivity index (χ0) is 46.5. The summed E-state index contributed by atoms with van der Waals surface area (Å²) in [6, 6.07) is 0. The van der Waals surface area contributed by atoms with Crippen LogP contribution in [0, 0.1) is 17.3 Å². The van der Waals surface area contributed by atoms with Gasteiger partial charge in [0.1, 0.15) is 12.2 Å². The van der Waals surface area contributed by atoms with Crippen LogP contribution in [0.4, 0.5) is 0 Å². The summed E-state index contributed by atoms with van der Waals surface area (Å²) in [7, 11) is 0. The van der Waals surface area contributed by atoms with Crippen molar-refractivity contribution in [2.24, 2.45) is 17.3 Å². The minimum atomic E-state index is -1.67. The normalized spacial score (nSPS) is 19.7. The minimum absolute atomic E-state index is 0.241. The summed E-state index contributed by atoms with van der Waals surface area (Å²) in [6.07, 6.45) is 25.1. The van der Waals surface area contributed by atoms with Gasteiger partial charge in [0.2, 0.25) is 0 Å². The highest BCUT2D eigenvalue weighted by Crippen LogP contribution is 2.48. The molecule has 0 aromatic heterocycles. The lowest BCUT2D eigenvalue weighted by Gasteiger charge is -2.48. The summed E-state index contributed by atoms with van der Waals surface area (Å²) in [5.74, 6) is -7.28. The van der Waals surface area contributed by atoms with Gasteiger partial charge in [-0.3, -0.25) is 19.2 Å². The highest BCUT2D eigenvalue weighted by molar-refractivity contribution is 5.91. The van der Waals surface area contributed by atoms with Gasteiger partial charge in [0, 0.05) is 47.8 Å². The Morgan fingerprint density at radius 1 is 0.516 bits per heavy atom. The van der Waals surface area contributed by atoms with E-state index in [1.807, 2.05) is 0 Å². The number of aliphatic carboxylic acids is 2. The van der Waals surface area contributed by atoms with Crippen LogP contribution >= 0.6 is 0 Å². The highest BCUT2D eigenvalue weighted by Gasteiger charge is 2.57. The Bertz CT molecular complexity index is 1270. The number of nitrogens with one attached hydrogen (secondary N) is 2. The maximum atomic E-state index is 15.4. The molecule has 2 heterocycles. The second-order valence-electron chi connectivity index (χ2n) is 22.4. The van der Waals surface area contributed by atoms with Crippen LogP contribution in [-0.2, 0) is 28.7 Å². The van der Waals surface area contributed by atoms with Gasteiger partial charge in [0.25, 0.3) is 0 Å². The van der Waals surface area contributed by atoms with Crippen LogP contribution in [0.25, 0.3) is 0 Å². The van der Waals surface area contributed by atoms with Crippen LogP contribution in [0.15, 0.2) is 0 Å². The fourth-order valence-electron chi connectivity index (χ4n) is 11.4. The Labute approximate surface area is 379 Å². The molecule has 2 saturated heterocycles. The molecular formula is C52H96N2O8. The lowest BCUT2D eigenvalue weighted by molar-refractivity contribution is -0.188. The molecule has 0 bridgehead atoms. The molecule has 362 valence electrons. The summed E-state index contributed by atoms with van der Waals surface area (Å²) < 4.78 is 13.0. The van der Waals surface area contributed by atoms with E-state index < -0.39 is 59.8 Å². The molecule has 2 rings (SSSR count). The first-order valence-corrected chi connectivity index (χ1v) is 25.5. The lowest BCUT2D eigenvalue weighted by atomic mass is 9.63. The van der Waals surface area contributed by atoms with Gasteiger partial charge in [-0.1, -0.05) is 155 Å². The van der Waals surface area contributed by atoms with E-state index in [0.29, 0.717) is 38.5 Å². The molecule has 2 aliphatic heterocycles. The van der Waals surface area contributed by atoms with Crippen molar-refractivity contribution in [1.82, 2.24) is 10.6 Å². The van der Waals surface area contributed by atoms with Crippen LogP contribution in [-0.4, -0.2) is 68.5 Å². The Morgan fingerprint density at radius 3 is 1.13 bits per heavy atom. The Balaban J connectivity index is 2.57. The van der Waals surface area contributed by atoms with Crippen molar-refractivity contribution in [3.8, 4) is 0 Å². The van der Waals surface area contributed by atoms with Crippen LogP contribution in [0.3, 0.4) is 0 Å². The SMILES string of the molecule is CCCCCCCCCCCCCC(CCCCCCCCCCCCC)(C(=O)OC1CC(C)(C)NC(C)(C)C1)C(C(=O)OC1CC(C)(C)NC(C)(C)C1)C(CC(=O)O)C(=O)O. The van der Waals surface area contributed by atoms with Crippen LogP contribution < -0.4 is 10.6 Å². The molecule has 0 saturated carbocycles. The molecule has 0 aliphatic carbocycles. The fraction of sp³-hybridized carbons (Fsp3) is 0.923. The molecule has 0 aromatic rings. The minimum Gasteiger partial charge on any atom is -0.481 e. The number of ether oxygens (including phenoxy) is 2. The molecule has 0 amide bonds. The number of carbonyl (C=O) groups is 4. The number of piperidine rings is 2. The monoisotopic (exact) mass is 877 g/mol. The molecule has 4 N–H and O–H groups in total. The second kappa shape index (κ2) is 27.3. The highest BCUT2D eigenvalue weighted by atomic mass is 16.6. The summed E-state index contributed by atoms with van der Waals surface area (Å²) >= 11 is 0. The number of rotatable bonds is 33. The van der Waals surface area contributed by atoms with E-state index in [4.69, 9.17) is 9.47 Å². The van der Waals surface area contributed by atoms with E-state index in [2.05, 4.69) is 79.9 Å². The fourth-order valence-corrected chi connectivity index (χ4v) is 11.4. The average molecular weight is 877 g/mol. The third-order valence-corrected chi connectivity index (χ3v) is 13.7. The predicted molar refractivity (Wildman–Crippen MR) is 252 cm³/mol. The first kappa shape index (κ1) is 55.9. The molecule has 2 aliphatic rings. The van der Waals surface area contributed by atoms with Gasteiger partial charge in [0.05, 0.1) is 23.7 Å². The van der Waals surface area contributed by atoms with Crippen molar-refractivity contribution < 1.29 is 38.9 Å². The van der Waals surface area contributed by atoms with Crippen molar-refractivity contribution in [1.29, 1.82) is 0 Å². The van der Waals surface area contributed by atoms with E-state index >= 15 is 9.59 Å². The Morgan fingerprint density at radius 2 is 0.823 bits per heavy atom. The quantitative estimate of drug-likeness (QED) is 0.0370. The number of hydrogen-bond acceptors (Lipinski definition) is 8. The molecule has 62 heavy (non-hydrogen) atoms. The van der Waals surface area contributed by atoms with Gasteiger partial charge in [-0.25, -0.2) is 0 Å². The molecule has 2 fully saturated rings. The lowest BCUT2D eigenvalue weighted by Crippen LogP contribution is -2.61. The number of unbranched alkanes of at least 4 members (excludes halogenated alkanes) is 20. The molecular weight excluding hydrogens is 781 g/mol. The average Bonchev–Trinajstić information content (AvgIpc) is 3.12. The largest absolute Gasteiger partial charge is 0.481 e. The van der Waals surface area contributed by atoms with Gasteiger partial charge in [-0.05, 0) is 68.2 Å². The number of carboxylic acids is 2. The Kier molecular flexibility index (Phi) is 24.6. The van der Waals surface area contributed by atoms with E-state index in [0.717, 1.165) is 51.4 Å². The van der Waals surface area contributed by atoms with Gasteiger partial charge >= 0.3 is 23.9 Å². The number of carbonyl (C=O) groups excluding carboxylic acids is 2. The standard InChI is InChI=1S/C52H96N2O8/c1-11-13-15-17-19-21-23-25-27-29-31-33-52(34-32-30-28-26-24-22-20-18-16-14-12-2,47(60)62-41-38-50(7,8)54-51(9,10)39-41)44(42(45(57)58)35-43(55)56)46(59)61-40-36-48(3,4)53-49(5,6)37-40/h40-42,44,53-54H,11-39H2,1-10H3,(H,55,56)(H,57,58). The molecule has 0 radical (unpaired) electrons. The zero-order valence-electron chi connectivity index (χ0n) is 41.7. The molecule has 0 spiro atoms. The summed E-state index contributed by atoms with van der Waals surface area (Å²) in [5, 5.41) is 28.4. The van der Waals surface area contributed by atoms with Crippen molar-refractivity contribution >= 4 is 23.9 Å². The molecule has 10 heteroatoms. The van der Waals surface area contributed by atoms with E-state index in [-0.39, 0.29) is 35.0 Å². The summed E-state index contributed by atoms with van der Waals surface area (Å²) in [4.78, 5) is 56.5. The zero-order valence-corrected chi connectivity index (χ0v) is 41.7. The van der Waals surface area contributed by atoms with E-state index in [1.165, 1.54) is 77.0 Å². The molecule has 2 unspecified atom stereocenters. The van der Waals surface area contributed by atoms with Crippen molar-refractivity contribution in [3.63, 3.8) is 0 Å². The van der Waals surface area contributed by atoms with Crippen LogP contribution in [0.1, 0.15) is 255 Å². The number of carboxylic acid groups (broad SMARTS) is 2. The van der Waals surface area contributed by atoms with Gasteiger partial charge in [-0.15, -0.1) is 0 Å². The van der Waals surface area contributed by atoms with Gasteiger partial charge < -0.3 is 30.3 Å². The Hall–Kier alpha value is -2.20. The van der Waals surface area contributed by atoms with E-state index in [9.17, 15) is 19.8 Å². The summed E-state index contributed by atoms with van der Waals surface area (Å²) in [5.41, 5.74) is -2.98. The smallest absolute Gasteiger partial charge is 0.313 e. The third-order valence-electron chi connectivity index (χ3n) is 13.7. The number of esters is 2. The van der Waals surface area contributed by atoms with Crippen molar-refractivity contribution in [3.05, 3.63) is 0 Å². The van der Waals surface area contributed by atoms with E-state index in [1.54, 1.807) is 0 Å². The first-order chi connectivity index (χ1) is 29.1. The maximum Gasteiger partial charge on any atom is 0.313 e. The predicted octanol–water partition coefficient (Wildman–Crippen LogP) is 12.9. The maximum absolute atomic E-state index is 15.4. The molecule has 0 aromatic carbocycles. The van der Waals surface area contributed by atoms with Crippen LogP contribution in [0.5, 0.6) is 0 Å². The van der Waals surface area contributed by atoms with Gasteiger partial charge in [0.15, 0.2) is 0 Å². The van der Waals surface area contributed by atoms with Gasteiger partial charge in [-0.2, -0.15) is 0 Å².